The number of para-hydroxylation sites is 2. The summed E-state index contributed by atoms with van der Waals surface area (Å²) in [7, 11) is -3.39. The van der Waals surface area contributed by atoms with Crippen LogP contribution in [-0.4, -0.2) is 25.8 Å². The smallest absolute Gasteiger partial charge is 0.235 e. The van der Waals surface area contributed by atoms with Gasteiger partial charge in [-0.15, -0.1) is 0 Å². The molecular formula is C20H25NO4S. The number of carbonyl (C=O) groups is 1. The maximum Gasteiger partial charge on any atom is 0.235 e. The van der Waals surface area contributed by atoms with Crippen LogP contribution in [0.2, 0.25) is 0 Å². The van der Waals surface area contributed by atoms with Crippen molar-refractivity contribution in [3.05, 3.63) is 59.7 Å². The van der Waals surface area contributed by atoms with E-state index in [1.807, 2.05) is 69.3 Å². The van der Waals surface area contributed by atoms with E-state index in [1.165, 1.54) is 0 Å². The molecule has 0 aliphatic rings. The maximum absolute atomic E-state index is 12.0. The normalized spacial score (nSPS) is 11.4. The molecule has 0 aromatic heterocycles. The van der Waals surface area contributed by atoms with Crippen molar-refractivity contribution in [2.45, 2.75) is 27.3 Å². The molecule has 0 atom stereocenters. The fraction of sp³-hybridized carbons (Fsp3) is 0.350. The summed E-state index contributed by atoms with van der Waals surface area (Å²) in [5.74, 6) is 0.379. The molecule has 0 radical (unpaired) electrons. The second kappa shape index (κ2) is 8.85. The van der Waals surface area contributed by atoms with Crippen LogP contribution in [0.25, 0.3) is 0 Å². The fourth-order valence-corrected chi connectivity index (χ4v) is 4.19. The number of carbonyl (C=O) groups excluding carboxylic acids is 1. The van der Waals surface area contributed by atoms with E-state index in [0.717, 1.165) is 16.9 Å². The Morgan fingerprint density at radius 2 is 1.65 bits per heavy atom. The average molecular weight is 375 g/mol. The molecule has 0 unspecified atom stereocenters. The third-order valence-electron chi connectivity index (χ3n) is 3.70. The van der Waals surface area contributed by atoms with Gasteiger partial charge in [-0.3, -0.25) is 4.79 Å². The van der Waals surface area contributed by atoms with Crippen LogP contribution in [0.4, 0.5) is 0 Å². The van der Waals surface area contributed by atoms with E-state index in [2.05, 4.69) is 5.32 Å². The zero-order chi connectivity index (χ0) is 19.2. The van der Waals surface area contributed by atoms with Crippen molar-refractivity contribution in [1.29, 1.82) is 0 Å². The Kier molecular flexibility index (Phi) is 6.80. The van der Waals surface area contributed by atoms with Gasteiger partial charge in [-0.05, 0) is 30.5 Å². The van der Waals surface area contributed by atoms with Crippen LogP contribution in [0.3, 0.4) is 0 Å². The summed E-state index contributed by atoms with van der Waals surface area (Å²) >= 11 is 0. The lowest BCUT2D eigenvalue weighted by molar-refractivity contribution is -0.118. The molecule has 1 amide bonds. The number of amides is 1. The summed E-state index contributed by atoms with van der Waals surface area (Å²) in [6.07, 6.45) is 0. The van der Waals surface area contributed by atoms with Gasteiger partial charge in [0, 0.05) is 12.1 Å². The molecule has 0 saturated carbocycles. The van der Waals surface area contributed by atoms with E-state index in [9.17, 15) is 13.2 Å². The Bertz CT molecular complexity index is 860. The van der Waals surface area contributed by atoms with Crippen LogP contribution < -0.4 is 10.1 Å². The first kappa shape index (κ1) is 20.0. The highest BCUT2D eigenvalue weighted by Crippen LogP contribution is 2.27. The molecule has 0 spiro atoms. The summed E-state index contributed by atoms with van der Waals surface area (Å²) in [5.41, 5.74) is 1.79. The standard InChI is InChI=1S/C20H25NO4S/c1-15(2)13-26(23,24)14-20(22)21-12-17-9-5-7-11-19(17)25-18-10-6-4-8-16(18)3/h4-11,15H,12-14H2,1-3H3,(H,21,22). The van der Waals surface area contributed by atoms with Crippen LogP contribution in [0.15, 0.2) is 48.5 Å². The molecule has 140 valence electrons. The first-order valence-corrected chi connectivity index (χ1v) is 10.4. The van der Waals surface area contributed by atoms with E-state index in [4.69, 9.17) is 4.74 Å². The summed E-state index contributed by atoms with van der Waals surface area (Å²) in [6.45, 7) is 5.79. The first-order valence-electron chi connectivity index (χ1n) is 8.55. The zero-order valence-corrected chi connectivity index (χ0v) is 16.2. The highest BCUT2D eigenvalue weighted by Gasteiger charge is 2.18. The number of hydrogen-bond donors (Lipinski definition) is 1. The third-order valence-corrected chi connectivity index (χ3v) is 5.58. The summed E-state index contributed by atoms with van der Waals surface area (Å²) in [6, 6.07) is 15.0. The molecule has 0 fully saturated rings. The number of hydrogen-bond acceptors (Lipinski definition) is 4. The number of sulfone groups is 1. The Balaban J connectivity index is 2.02. The van der Waals surface area contributed by atoms with Crippen LogP contribution >= 0.6 is 0 Å². The van der Waals surface area contributed by atoms with Gasteiger partial charge < -0.3 is 10.1 Å². The van der Waals surface area contributed by atoms with Gasteiger partial charge >= 0.3 is 0 Å². The Morgan fingerprint density at radius 3 is 2.31 bits per heavy atom. The zero-order valence-electron chi connectivity index (χ0n) is 15.4. The van der Waals surface area contributed by atoms with Gasteiger partial charge in [0.15, 0.2) is 9.84 Å². The fourth-order valence-electron chi connectivity index (χ4n) is 2.55. The number of aryl methyl sites for hydroxylation is 1. The summed E-state index contributed by atoms with van der Waals surface area (Å²) in [5, 5.41) is 2.67. The van der Waals surface area contributed by atoms with E-state index >= 15 is 0 Å². The number of benzene rings is 2. The highest BCUT2D eigenvalue weighted by molar-refractivity contribution is 7.92. The molecule has 1 N–H and O–H groups in total. The van der Waals surface area contributed by atoms with Gasteiger partial charge in [-0.1, -0.05) is 50.2 Å². The Morgan fingerprint density at radius 1 is 1.04 bits per heavy atom. The van der Waals surface area contributed by atoms with Crippen LogP contribution in [0.1, 0.15) is 25.0 Å². The molecule has 2 aromatic rings. The van der Waals surface area contributed by atoms with Crippen LogP contribution in [-0.2, 0) is 21.2 Å². The van der Waals surface area contributed by atoms with Gasteiger partial charge in [-0.2, -0.15) is 0 Å². The largest absolute Gasteiger partial charge is 0.457 e. The second-order valence-corrected chi connectivity index (χ2v) is 8.81. The molecule has 2 rings (SSSR count). The topological polar surface area (TPSA) is 72.5 Å². The molecule has 2 aromatic carbocycles. The molecule has 0 bridgehead atoms. The third kappa shape index (κ3) is 6.19. The predicted molar refractivity (Wildman–Crippen MR) is 103 cm³/mol. The Hall–Kier alpha value is -2.34. The van der Waals surface area contributed by atoms with Crippen molar-refractivity contribution < 1.29 is 17.9 Å². The van der Waals surface area contributed by atoms with Gasteiger partial charge in [0.05, 0.1) is 5.75 Å². The maximum atomic E-state index is 12.0. The van der Waals surface area contributed by atoms with E-state index in [1.54, 1.807) is 0 Å². The minimum absolute atomic E-state index is 0.00367. The quantitative estimate of drug-likeness (QED) is 0.767. The SMILES string of the molecule is Cc1ccccc1Oc1ccccc1CNC(=O)CS(=O)(=O)CC(C)C. The number of nitrogens with one attached hydrogen (secondary N) is 1. The van der Waals surface area contributed by atoms with Crippen LogP contribution in [0, 0.1) is 12.8 Å². The molecular weight excluding hydrogens is 350 g/mol. The van der Waals surface area contributed by atoms with Gasteiger partial charge in [0.1, 0.15) is 17.3 Å². The minimum atomic E-state index is -3.39. The molecule has 0 saturated heterocycles. The molecule has 26 heavy (non-hydrogen) atoms. The van der Waals surface area contributed by atoms with Crippen LogP contribution in [0.5, 0.6) is 11.5 Å². The minimum Gasteiger partial charge on any atom is -0.457 e. The monoisotopic (exact) mass is 375 g/mol. The molecule has 0 heterocycles. The van der Waals surface area contributed by atoms with Gasteiger partial charge in [0.2, 0.25) is 5.91 Å². The molecule has 5 nitrogen and oxygen atoms in total. The number of ether oxygens (including phenoxy) is 1. The van der Waals surface area contributed by atoms with Crippen molar-refractivity contribution in [2.75, 3.05) is 11.5 Å². The summed E-state index contributed by atoms with van der Waals surface area (Å²) in [4.78, 5) is 12.0. The number of rotatable bonds is 8. The lowest BCUT2D eigenvalue weighted by Crippen LogP contribution is -2.31. The molecule has 0 aliphatic heterocycles. The predicted octanol–water partition coefficient (Wildman–Crippen LogP) is 3.47. The second-order valence-electron chi connectivity index (χ2n) is 6.70. The summed E-state index contributed by atoms with van der Waals surface area (Å²) < 4.78 is 29.8. The Labute approximate surface area is 155 Å². The van der Waals surface area contributed by atoms with Crippen molar-refractivity contribution in [2.24, 2.45) is 5.92 Å². The van der Waals surface area contributed by atoms with Crippen molar-refractivity contribution in [3.8, 4) is 11.5 Å². The molecule has 6 heteroatoms. The lowest BCUT2D eigenvalue weighted by Gasteiger charge is -2.13. The lowest BCUT2D eigenvalue weighted by atomic mass is 10.2. The van der Waals surface area contributed by atoms with Gasteiger partial charge in [-0.25, -0.2) is 8.42 Å². The average Bonchev–Trinajstić information content (AvgIpc) is 2.54. The molecule has 0 aliphatic carbocycles. The van der Waals surface area contributed by atoms with Gasteiger partial charge in [0.25, 0.3) is 0 Å². The first-order chi connectivity index (χ1) is 12.3. The highest BCUT2D eigenvalue weighted by atomic mass is 32.2. The van der Waals surface area contributed by atoms with Crippen molar-refractivity contribution >= 4 is 15.7 Å². The van der Waals surface area contributed by atoms with E-state index in [0.29, 0.717) is 5.75 Å². The van der Waals surface area contributed by atoms with E-state index in [-0.39, 0.29) is 18.2 Å². The van der Waals surface area contributed by atoms with E-state index < -0.39 is 21.5 Å². The van der Waals surface area contributed by atoms with Crippen molar-refractivity contribution in [1.82, 2.24) is 5.32 Å². The van der Waals surface area contributed by atoms with Crippen molar-refractivity contribution in [3.63, 3.8) is 0 Å².